The lowest BCUT2D eigenvalue weighted by molar-refractivity contribution is -0.124. The van der Waals surface area contributed by atoms with Gasteiger partial charge in [-0.15, -0.1) is 0 Å². The maximum Gasteiger partial charge on any atom is 0.226 e. The summed E-state index contributed by atoms with van der Waals surface area (Å²) in [4.78, 5) is 17.6. The Hall–Kier alpha value is -0.880. The van der Waals surface area contributed by atoms with Crippen molar-refractivity contribution in [3.8, 4) is 0 Å². The molecule has 0 saturated carbocycles. The molecule has 3 rings (SSSR count). The number of hydrogen-bond donors (Lipinski definition) is 1. The lowest BCUT2D eigenvalue weighted by Gasteiger charge is -2.20. The van der Waals surface area contributed by atoms with Crippen molar-refractivity contribution in [1.82, 2.24) is 4.90 Å². The molecule has 1 heterocycles. The Morgan fingerprint density at radius 1 is 1.40 bits per heavy atom. The predicted molar refractivity (Wildman–Crippen MR) is 87.2 cm³/mol. The third kappa shape index (κ3) is 2.39. The first-order valence-corrected chi connectivity index (χ1v) is 8.26. The van der Waals surface area contributed by atoms with Gasteiger partial charge in [0.05, 0.1) is 12.2 Å². The van der Waals surface area contributed by atoms with E-state index in [1.165, 1.54) is 17.5 Å². The second-order valence-corrected chi connectivity index (χ2v) is 6.69. The van der Waals surface area contributed by atoms with Crippen molar-refractivity contribution in [2.75, 3.05) is 18.4 Å². The molecule has 1 aliphatic heterocycles. The summed E-state index contributed by atoms with van der Waals surface area (Å²) in [5.74, 6) is 0.652. The van der Waals surface area contributed by atoms with E-state index >= 15 is 0 Å². The van der Waals surface area contributed by atoms with Crippen LogP contribution in [0.2, 0.25) is 0 Å². The third-order valence-electron chi connectivity index (χ3n) is 3.74. The number of anilines is 1. The van der Waals surface area contributed by atoms with Crippen LogP contribution in [-0.4, -0.2) is 29.9 Å². The molecule has 0 saturated heterocycles. The van der Waals surface area contributed by atoms with Crippen molar-refractivity contribution < 1.29 is 4.79 Å². The molecule has 0 atom stereocenters. The quantitative estimate of drug-likeness (QED) is 0.785. The number of guanidine groups is 1. The summed E-state index contributed by atoms with van der Waals surface area (Å²) < 4.78 is 2.08. The van der Waals surface area contributed by atoms with Crippen molar-refractivity contribution in [3.63, 3.8) is 0 Å². The Morgan fingerprint density at radius 3 is 2.95 bits per heavy atom. The van der Waals surface area contributed by atoms with E-state index in [2.05, 4.69) is 48.2 Å². The zero-order valence-corrected chi connectivity index (χ0v) is 14.3. The molecule has 1 amide bonds. The van der Waals surface area contributed by atoms with Gasteiger partial charge in [0.15, 0.2) is 0 Å². The number of rotatable bonds is 1. The number of hydrogen-bond acceptors (Lipinski definition) is 3. The molecule has 6 heteroatoms. The lowest BCUT2D eigenvalue weighted by Crippen LogP contribution is -2.36. The number of nitrogens with one attached hydrogen (secondary N) is 1. The number of benzene rings is 1. The molecule has 0 radical (unpaired) electrons. The molecule has 1 N–H and O–H groups in total. The summed E-state index contributed by atoms with van der Waals surface area (Å²) in [6.45, 7) is 2.87. The average molecular weight is 401 g/mol. The van der Waals surface area contributed by atoms with Crippen molar-refractivity contribution in [2.45, 2.75) is 26.2 Å². The molecule has 0 bridgehead atoms. The predicted octanol–water partition coefficient (Wildman–Crippen LogP) is 3.33. The highest BCUT2D eigenvalue weighted by atomic mass is 79.9. The molecular weight excluding hydrogens is 386 g/mol. The van der Waals surface area contributed by atoms with Crippen LogP contribution < -0.4 is 5.32 Å². The zero-order valence-electron chi connectivity index (χ0n) is 11.2. The summed E-state index contributed by atoms with van der Waals surface area (Å²) in [7, 11) is 0. The number of aryl methyl sites for hydroxylation is 1. The molecular formula is C14H15Br2N3O. The van der Waals surface area contributed by atoms with Gasteiger partial charge in [-0.1, -0.05) is 0 Å². The van der Waals surface area contributed by atoms with E-state index in [9.17, 15) is 4.79 Å². The average Bonchev–Trinajstić information content (AvgIpc) is 3.02. The van der Waals surface area contributed by atoms with Crippen LogP contribution in [0.1, 0.15) is 24.5 Å². The summed E-state index contributed by atoms with van der Waals surface area (Å²) in [6, 6.07) is 2.17. The van der Waals surface area contributed by atoms with Crippen LogP contribution in [-0.2, 0) is 17.6 Å². The number of aliphatic imine (C=N–C) groups is 1. The second kappa shape index (κ2) is 5.48. The van der Waals surface area contributed by atoms with Crippen molar-refractivity contribution in [3.05, 3.63) is 26.1 Å². The summed E-state index contributed by atoms with van der Waals surface area (Å²) in [5, 5.41) is 3.30. The fourth-order valence-corrected chi connectivity index (χ4v) is 4.35. The molecule has 0 aromatic heterocycles. The van der Waals surface area contributed by atoms with Gasteiger partial charge in [-0.25, -0.2) is 0 Å². The minimum atomic E-state index is 0.0159. The van der Waals surface area contributed by atoms with Crippen LogP contribution in [0, 0.1) is 0 Å². The van der Waals surface area contributed by atoms with E-state index in [1.807, 2.05) is 0 Å². The van der Waals surface area contributed by atoms with E-state index in [4.69, 9.17) is 0 Å². The Labute approximate surface area is 134 Å². The van der Waals surface area contributed by atoms with Gasteiger partial charge in [-0.2, -0.15) is 0 Å². The van der Waals surface area contributed by atoms with Crippen molar-refractivity contribution in [1.29, 1.82) is 0 Å². The number of carbonyl (C=O) groups is 1. The summed E-state index contributed by atoms with van der Waals surface area (Å²) in [5.41, 5.74) is 3.72. The van der Waals surface area contributed by atoms with Gasteiger partial charge in [0.2, 0.25) is 11.9 Å². The smallest absolute Gasteiger partial charge is 0.226 e. The summed E-state index contributed by atoms with van der Waals surface area (Å²) >= 11 is 7.31. The standard InChI is InChI=1S/C14H15Br2N3O/c1-8(20)19-6-5-17-14(19)18-13-11(15)7-9-3-2-4-10(9)12(13)16/h7H,2-6H2,1H3,(H,17,18). The number of amides is 1. The number of fused-ring (bicyclic) bond motifs is 1. The van der Waals surface area contributed by atoms with Gasteiger partial charge in [-0.3, -0.25) is 14.7 Å². The fraction of sp³-hybridized carbons (Fsp3) is 0.429. The first-order valence-electron chi connectivity index (χ1n) is 6.67. The second-order valence-electron chi connectivity index (χ2n) is 5.04. The molecule has 0 spiro atoms. The third-order valence-corrected chi connectivity index (χ3v) is 5.24. The highest BCUT2D eigenvalue weighted by Gasteiger charge is 2.24. The molecule has 1 aromatic rings. The fourth-order valence-electron chi connectivity index (χ4n) is 2.75. The van der Waals surface area contributed by atoms with E-state index in [-0.39, 0.29) is 5.91 Å². The minimum Gasteiger partial charge on any atom is -0.324 e. The Bertz CT molecular complexity index is 613. The number of halogens is 2. The van der Waals surface area contributed by atoms with Gasteiger partial charge in [0.1, 0.15) is 0 Å². The van der Waals surface area contributed by atoms with E-state index < -0.39 is 0 Å². The topological polar surface area (TPSA) is 44.7 Å². The van der Waals surface area contributed by atoms with E-state index in [0.717, 1.165) is 27.5 Å². The molecule has 20 heavy (non-hydrogen) atoms. The van der Waals surface area contributed by atoms with Crippen LogP contribution in [0.15, 0.2) is 20.0 Å². The molecule has 1 aliphatic carbocycles. The lowest BCUT2D eigenvalue weighted by atomic mass is 10.1. The van der Waals surface area contributed by atoms with Gasteiger partial charge in [0.25, 0.3) is 0 Å². The van der Waals surface area contributed by atoms with Crippen molar-refractivity contribution in [2.24, 2.45) is 4.99 Å². The SMILES string of the molecule is CC(=O)N1CCN=C1Nc1c(Br)cc2c(c1Br)CCC2. The zero-order chi connectivity index (χ0) is 14.3. The van der Waals surface area contributed by atoms with Gasteiger partial charge < -0.3 is 5.32 Å². The number of nitrogens with zero attached hydrogens (tertiary/aromatic N) is 2. The summed E-state index contributed by atoms with van der Waals surface area (Å²) in [6.07, 6.45) is 3.43. The van der Waals surface area contributed by atoms with Crippen LogP contribution in [0.3, 0.4) is 0 Å². The maximum absolute atomic E-state index is 11.6. The molecule has 1 aromatic carbocycles. The molecule has 106 valence electrons. The Kier molecular flexibility index (Phi) is 3.86. The molecule has 0 unspecified atom stereocenters. The van der Waals surface area contributed by atoms with E-state index in [0.29, 0.717) is 19.0 Å². The van der Waals surface area contributed by atoms with Crippen LogP contribution in [0.5, 0.6) is 0 Å². The number of carbonyl (C=O) groups excluding carboxylic acids is 1. The van der Waals surface area contributed by atoms with Gasteiger partial charge in [-0.05, 0) is 68.3 Å². The maximum atomic E-state index is 11.6. The van der Waals surface area contributed by atoms with E-state index in [1.54, 1.807) is 11.8 Å². The molecule has 2 aliphatic rings. The van der Waals surface area contributed by atoms with Gasteiger partial charge in [0, 0.05) is 22.4 Å². The Morgan fingerprint density at radius 2 is 2.20 bits per heavy atom. The van der Waals surface area contributed by atoms with Crippen LogP contribution in [0.25, 0.3) is 0 Å². The largest absolute Gasteiger partial charge is 0.324 e. The molecule has 4 nitrogen and oxygen atoms in total. The van der Waals surface area contributed by atoms with Crippen LogP contribution >= 0.6 is 31.9 Å². The highest BCUT2D eigenvalue weighted by molar-refractivity contribution is 9.11. The Balaban J connectivity index is 1.94. The monoisotopic (exact) mass is 399 g/mol. The van der Waals surface area contributed by atoms with Crippen LogP contribution in [0.4, 0.5) is 5.69 Å². The molecule has 0 fully saturated rings. The minimum absolute atomic E-state index is 0.0159. The first kappa shape index (κ1) is 14.1. The normalized spacial score (nSPS) is 17.1. The first-order chi connectivity index (χ1) is 9.58. The van der Waals surface area contributed by atoms with Gasteiger partial charge >= 0.3 is 0 Å². The highest BCUT2D eigenvalue weighted by Crippen LogP contribution is 2.40. The van der Waals surface area contributed by atoms with Crippen molar-refractivity contribution >= 4 is 49.4 Å².